The second kappa shape index (κ2) is 47.8. The van der Waals surface area contributed by atoms with E-state index in [0.29, 0.717) is 44.9 Å². The van der Waals surface area contributed by atoms with E-state index in [1.807, 2.05) is 62.3 Å². The smallest absolute Gasteiger partial charge is 0.397 e. The molecule has 10 rings (SSSR count). The van der Waals surface area contributed by atoms with Gasteiger partial charge in [-0.05, 0) is 176 Å². The molecule has 7 saturated carbocycles. The minimum Gasteiger partial charge on any atom is -0.464 e. The molecule has 7 aliphatic carbocycles. The van der Waals surface area contributed by atoms with E-state index in [2.05, 4.69) is 97.4 Å². The van der Waals surface area contributed by atoms with E-state index >= 15 is 0 Å². The Morgan fingerprint density at radius 2 is 0.713 bits per heavy atom. The van der Waals surface area contributed by atoms with Gasteiger partial charge in [0.15, 0.2) is 0 Å². The summed E-state index contributed by atoms with van der Waals surface area (Å²) in [6, 6.07) is -15.7. The summed E-state index contributed by atoms with van der Waals surface area (Å²) in [4.78, 5) is 245. The van der Waals surface area contributed by atoms with Gasteiger partial charge in [-0.15, -0.1) is 19.7 Å². The Labute approximate surface area is 841 Å². The van der Waals surface area contributed by atoms with E-state index in [1.165, 1.54) is 32.9 Å². The maximum atomic E-state index is 14.4. The van der Waals surface area contributed by atoms with E-state index < -0.39 is 212 Å². The van der Waals surface area contributed by atoms with Crippen molar-refractivity contribution in [3.8, 4) is 0 Å². The number of urea groups is 3. The third-order valence-electron chi connectivity index (χ3n) is 30.4. The van der Waals surface area contributed by atoms with E-state index in [4.69, 9.17) is 14.2 Å². The summed E-state index contributed by atoms with van der Waals surface area (Å²) < 4.78 is 58.6. The summed E-state index contributed by atoms with van der Waals surface area (Å²) in [6.07, 6.45) is 9.95. The number of rotatable bonds is 44. The molecule has 10 fully saturated rings. The summed E-state index contributed by atoms with van der Waals surface area (Å²) in [6.45, 7) is 54.5. The topological polar surface area (TPSA) is 489 Å². The van der Waals surface area contributed by atoms with Gasteiger partial charge in [0, 0.05) is 39.3 Å². The number of amides is 15. The number of ketones is 3. The Kier molecular flexibility index (Phi) is 39.3. The highest BCUT2D eigenvalue weighted by molar-refractivity contribution is 6.39. The van der Waals surface area contributed by atoms with Gasteiger partial charge in [0.2, 0.25) is 52.8 Å². The molecule has 0 radical (unpaired) electrons. The van der Waals surface area contributed by atoms with Crippen LogP contribution < -0.4 is 63.8 Å². The first kappa shape index (κ1) is 118. The van der Waals surface area contributed by atoms with Crippen LogP contribution in [0.1, 0.15) is 275 Å². The summed E-state index contributed by atoms with van der Waals surface area (Å²) in [7, 11) is 0. The number of unbranched alkanes of at least 4 members (excludes halogenated alkanes) is 1. The van der Waals surface area contributed by atoms with Crippen molar-refractivity contribution < 1.29 is 114 Å². The lowest BCUT2D eigenvalue weighted by atomic mass is 9.83. The molecule has 0 aromatic carbocycles. The van der Waals surface area contributed by atoms with Crippen molar-refractivity contribution in [2.45, 2.75) is 360 Å². The predicted molar refractivity (Wildman–Crippen MR) is 527 cm³/mol. The Bertz CT molecular complexity index is 4700. The first-order valence-electron chi connectivity index (χ1n) is 51.3. The van der Waals surface area contributed by atoms with Crippen molar-refractivity contribution in [1.29, 1.82) is 0 Å². The van der Waals surface area contributed by atoms with Gasteiger partial charge >= 0.3 is 42.2 Å². The highest BCUT2D eigenvalue weighted by atomic mass is 19.4. The zero-order valence-corrected chi connectivity index (χ0v) is 88.5. The summed E-state index contributed by atoms with van der Waals surface area (Å²) in [5.74, 6) is -10.2. The zero-order chi connectivity index (χ0) is 107. The Balaban J connectivity index is 0.000000262. The van der Waals surface area contributed by atoms with Crippen LogP contribution >= 0.6 is 0 Å². The largest absolute Gasteiger partial charge is 0.464 e. The lowest BCUT2D eigenvalue weighted by Crippen LogP contribution is -2.63. The monoisotopic (exact) mass is 2020 g/mol. The molecule has 36 nitrogen and oxygen atoms in total. The Morgan fingerprint density at radius 1 is 0.399 bits per heavy atom. The SMILES string of the molecule is C=CCNC(=O)C(=O)C(CCC)NC(=O)[C@@H]1[C@@H]2[C@H](CN1C(=O)[C@@H](NC(=O)N[C@H](C(=O)OCC1CC1)C1(C(F)(F)F)CC1)C(C)(C)C)C2(C)C.C=CCNC(=O)C(=O)C(CCC)NC(=O)[C@@H]1[C@@H]2[C@H](CN1C(=O)[C@@H](NC(=O)N[C@H](C(=O)OCC1CC1)C1CCCCC1)C(C)(C)C)C2(C)C.C=CCNC(=O)C(=O)C(CCCC)NC(=O)[C@@H]1[C@@H]2[C@H](CN1C(=O)[C@@H](NC(=O)N[C@H](C(=O)OC(C)C)C(C)(C)C)C(C)(C)C)C2(C)C. The number of carbonyl (C=O) groups is 18. The molecule has 143 heavy (non-hydrogen) atoms. The van der Waals surface area contributed by atoms with Crippen LogP contribution in [0.5, 0.6) is 0 Å². The molecule has 3 saturated heterocycles. The molecule has 3 heterocycles. The number of hydrogen-bond donors (Lipinski definition) is 12. The molecule has 12 N–H and O–H groups in total. The van der Waals surface area contributed by atoms with Gasteiger partial charge in [-0.1, -0.05) is 209 Å². The number of nitrogens with zero attached hydrogens (tertiary/aromatic N) is 3. The molecular formula is C104H164F3N15O21. The van der Waals surface area contributed by atoms with Gasteiger partial charge in [0.25, 0.3) is 17.7 Å². The highest BCUT2D eigenvalue weighted by Gasteiger charge is 2.74. The average molecular weight is 2020 g/mol. The second-order valence-electron chi connectivity index (χ2n) is 47.3. The van der Waals surface area contributed by atoms with E-state index in [0.717, 1.165) is 64.2 Å². The fourth-order valence-corrected chi connectivity index (χ4v) is 20.8. The number of carbonyl (C=O) groups excluding carboxylic acids is 18. The van der Waals surface area contributed by atoms with Crippen molar-refractivity contribution in [3.05, 3.63) is 38.0 Å². The number of nitrogens with one attached hydrogen (secondary N) is 12. The molecule has 3 unspecified atom stereocenters. The number of likely N-dealkylation sites (tertiary alicyclic amines) is 3. The maximum absolute atomic E-state index is 14.4. The van der Waals surface area contributed by atoms with Crippen LogP contribution in [0.3, 0.4) is 0 Å². The van der Waals surface area contributed by atoms with Gasteiger partial charge in [-0.3, -0.25) is 57.5 Å². The number of esters is 3. The number of halogens is 3. The van der Waals surface area contributed by atoms with Crippen molar-refractivity contribution in [1.82, 2.24) is 78.5 Å². The van der Waals surface area contributed by atoms with Crippen LogP contribution in [0.4, 0.5) is 27.6 Å². The van der Waals surface area contributed by atoms with Crippen LogP contribution in [0.2, 0.25) is 0 Å². The lowest BCUT2D eigenvalue weighted by molar-refractivity contribution is -0.202. The third kappa shape index (κ3) is 29.5. The summed E-state index contributed by atoms with van der Waals surface area (Å²) in [5.41, 5.74) is -6.34. The van der Waals surface area contributed by atoms with E-state index in [9.17, 15) is 99.5 Å². The van der Waals surface area contributed by atoms with Crippen LogP contribution in [0.15, 0.2) is 38.0 Å². The molecule has 0 bridgehead atoms. The summed E-state index contributed by atoms with van der Waals surface area (Å²) >= 11 is 0. The second-order valence-corrected chi connectivity index (χ2v) is 47.3. The minimum atomic E-state index is -4.78. The first-order chi connectivity index (χ1) is 66.4. The number of piperidine rings is 3. The molecule has 15 amide bonds. The fraction of sp³-hybridized carbons (Fsp3) is 0.769. The summed E-state index contributed by atoms with van der Waals surface area (Å²) in [5, 5.41) is 31.6. The minimum absolute atomic E-state index is 0.0308. The molecule has 0 spiro atoms. The Hall–Kier alpha value is -10.5. The molecule has 802 valence electrons. The lowest BCUT2D eigenvalue weighted by Gasteiger charge is -2.38. The van der Waals surface area contributed by atoms with E-state index in [1.54, 1.807) is 83.1 Å². The fourth-order valence-electron chi connectivity index (χ4n) is 20.8. The quantitative estimate of drug-likeness (QED) is 0.0117. The van der Waals surface area contributed by atoms with Crippen molar-refractivity contribution in [3.63, 3.8) is 0 Å². The predicted octanol–water partition coefficient (Wildman–Crippen LogP) is 9.34. The van der Waals surface area contributed by atoms with Gasteiger partial charge < -0.3 is 92.7 Å². The van der Waals surface area contributed by atoms with Gasteiger partial charge in [0.1, 0.15) is 54.4 Å². The molecular weight excluding hydrogens is 1850 g/mol. The Morgan fingerprint density at radius 3 is 1.01 bits per heavy atom. The molecule has 0 aromatic heterocycles. The average Bonchev–Trinajstić information content (AvgIpc) is 1.53. The maximum Gasteiger partial charge on any atom is 0.397 e. The molecule has 18 atom stereocenters. The molecule has 10 aliphatic rings. The number of ether oxygens (including phenoxy) is 3. The normalized spacial score (nSPS) is 24.1. The first-order valence-corrected chi connectivity index (χ1v) is 51.3. The molecule has 39 heteroatoms. The van der Waals surface area contributed by atoms with Gasteiger partial charge in [-0.2, -0.15) is 13.2 Å². The van der Waals surface area contributed by atoms with Gasteiger partial charge in [0.05, 0.1) is 42.9 Å². The van der Waals surface area contributed by atoms with Crippen LogP contribution in [-0.4, -0.2) is 258 Å². The highest BCUT2D eigenvalue weighted by Crippen LogP contribution is 2.68. The standard InChI is InChI=1S/C36H57N5O7.C34H50F3N5O7.C34H57N5O7/c1-8-13-24(28(42)31(44)37-18-9-2)38-30(43)27-25-23(36(25,6)7)19-41(27)32(45)29(35(3,4)5)40-34(47)39-26(22-14-11-10-12-15-22)33(46)48-20-21-16-17-21;1-8-10-20(23(43)27(45)38-15-9-2)39-26(44)22-21-19(32(21,6)7)16-42(22)28(46)24(31(3,4)5)40-30(48)41-25(29(47)49-17-18-11-12-18)33(13-14-33)34(35,36)37;1-13-15-16-21(24(40)28(42)35-17-14-2)36-27(41)23-22-20(34(22,11)12)18-39(23)29(43)25(32(5,6)7)37-31(45)38-26(33(8,9)10)30(44)46-19(3)4/h9,21-27,29H,2,8,10-20H2,1,3-7H3,(H,37,44)(H,38,43)(H2,39,40,47);9,18-22,24-25H,2,8,10-17H2,1,3-7H3,(H,38,45)(H,39,44)(H2,40,41,48);14,19-23,25-26H,2,13,15-18H2,1,3-12H3,(H,35,42)(H,36,41)(H2,37,38,45)/t23-,24?,25-,26-,27-,29+;19-,20?,21-,22-,24+,25+;20-,21?,22-,23-,25+,26+/m000/s1. The number of Topliss-reactive ketones (excluding diaryl/α,β-unsaturated/α-hetero) is 3. The van der Waals surface area contributed by atoms with Crippen molar-refractivity contribution in [2.24, 2.45) is 96.6 Å². The molecule has 0 aromatic rings. The molecule has 3 aliphatic heterocycles. The van der Waals surface area contributed by atoms with Crippen LogP contribution in [-0.2, 0) is 86.1 Å². The number of hydrogen-bond acceptors (Lipinski definition) is 21. The number of fused-ring (bicyclic) bond motifs is 3. The number of alkyl halides is 3. The zero-order valence-electron chi connectivity index (χ0n) is 88.5. The van der Waals surface area contributed by atoms with Crippen LogP contribution in [0.25, 0.3) is 0 Å². The van der Waals surface area contributed by atoms with Gasteiger partial charge in [-0.25, -0.2) is 28.8 Å². The van der Waals surface area contributed by atoms with E-state index in [-0.39, 0.29) is 135 Å². The van der Waals surface area contributed by atoms with Crippen LogP contribution in [0, 0.1) is 96.6 Å². The third-order valence-corrected chi connectivity index (χ3v) is 30.4. The van der Waals surface area contributed by atoms with Crippen molar-refractivity contribution in [2.75, 3.05) is 52.5 Å². The van der Waals surface area contributed by atoms with Crippen molar-refractivity contribution >= 4 is 107 Å².